The number of aromatic nitrogens is 4. The van der Waals surface area contributed by atoms with E-state index in [1.165, 1.54) is 6.42 Å². The summed E-state index contributed by atoms with van der Waals surface area (Å²) in [6, 6.07) is 0.608. The zero-order chi connectivity index (χ0) is 13.2. The van der Waals surface area contributed by atoms with Crippen molar-refractivity contribution in [1.29, 1.82) is 0 Å². The quantitative estimate of drug-likeness (QED) is 0.854. The van der Waals surface area contributed by atoms with Crippen LogP contribution in [0.2, 0.25) is 0 Å². The minimum absolute atomic E-state index is 0.294. The summed E-state index contributed by atoms with van der Waals surface area (Å²) in [7, 11) is 0. The fourth-order valence-electron chi connectivity index (χ4n) is 2.38. The van der Waals surface area contributed by atoms with Gasteiger partial charge >= 0.3 is 6.01 Å². The molecule has 0 aliphatic heterocycles. The Bertz CT molecular complexity index is 619. The van der Waals surface area contributed by atoms with Crippen LogP contribution in [0.5, 0.6) is 6.01 Å². The lowest BCUT2D eigenvalue weighted by Crippen LogP contribution is -2.09. The second kappa shape index (κ2) is 4.87. The summed E-state index contributed by atoms with van der Waals surface area (Å²) in [5.41, 5.74) is 7.29. The van der Waals surface area contributed by atoms with E-state index in [0.29, 0.717) is 30.0 Å². The Balaban J connectivity index is 2.09. The second-order valence-corrected chi connectivity index (χ2v) is 4.57. The van der Waals surface area contributed by atoms with Crippen molar-refractivity contribution in [2.45, 2.75) is 32.2 Å². The van der Waals surface area contributed by atoms with Crippen molar-refractivity contribution < 1.29 is 4.74 Å². The number of fused-ring (bicyclic) bond motifs is 1. The molecule has 1 aliphatic carbocycles. The van der Waals surface area contributed by atoms with Crippen LogP contribution in [0.15, 0.2) is 18.5 Å². The van der Waals surface area contributed by atoms with Gasteiger partial charge in [0.1, 0.15) is 0 Å². The molecule has 0 saturated heterocycles. The van der Waals surface area contributed by atoms with Crippen molar-refractivity contribution in [3.05, 3.63) is 18.5 Å². The molecule has 2 aromatic heterocycles. The van der Waals surface area contributed by atoms with Crippen molar-refractivity contribution in [2.24, 2.45) is 0 Å². The van der Waals surface area contributed by atoms with E-state index >= 15 is 0 Å². The molecule has 2 aromatic rings. The highest BCUT2D eigenvalue weighted by Crippen LogP contribution is 2.27. The minimum atomic E-state index is 0.294. The van der Waals surface area contributed by atoms with Crippen molar-refractivity contribution in [3.8, 4) is 6.01 Å². The van der Waals surface area contributed by atoms with E-state index in [0.717, 1.165) is 18.5 Å². The molecule has 0 amide bonds. The number of allylic oxidation sites excluding steroid dienone is 2. The highest BCUT2D eigenvalue weighted by Gasteiger charge is 2.17. The smallest absolute Gasteiger partial charge is 0.320 e. The summed E-state index contributed by atoms with van der Waals surface area (Å²) < 4.78 is 7.39. The van der Waals surface area contributed by atoms with Gasteiger partial charge < -0.3 is 15.0 Å². The first-order valence-electron chi connectivity index (χ1n) is 6.59. The SMILES string of the molecule is CCOc1nc(N)c2ncn(C3C=CCCC3)c2n1. The number of rotatable bonds is 3. The maximum atomic E-state index is 5.91. The molecule has 6 heteroatoms. The highest BCUT2D eigenvalue weighted by atomic mass is 16.5. The van der Waals surface area contributed by atoms with Crippen LogP contribution in [0.3, 0.4) is 0 Å². The lowest BCUT2D eigenvalue weighted by atomic mass is 10.0. The molecule has 2 heterocycles. The summed E-state index contributed by atoms with van der Waals surface area (Å²) in [6.45, 7) is 2.41. The fourth-order valence-corrected chi connectivity index (χ4v) is 2.38. The van der Waals surface area contributed by atoms with E-state index in [4.69, 9.17) is 10.5 Å². The maximum Gasteiger partial charge on any atom is 0.320 e. The number of ether oxygens (including phenoxy) is 1. The van der Waals surface area contributed by atoms with E-state index < -0.39 is 0 Å². The van der Waals surface area contributed by atoms with Crippen molar-refractivity contribution in [2.75, 3.05) is 12.3 Å². The van der Waals surface area contributed by atoms with E-state index in [1.54, 1.807) is 6.33 Å². The lowest BCUT2D eigenvalue weighted by Gasteiger charge is -2.18. The van der Waals surface area contributed by atoms with Crippen LogP contribution in [0.1, 0.15) is 32.2 Å². The van der Waals surface area contributed by atoms with Gasteiger partial charge in [-0.3, -0.25) is 0 Å². The molecule has 3 rings (SSSR count). The lowest BCUT2D eigenvalue weighted by molar-refractivity contribution is 0.314. The van der Waals surface area contributed by atoms with Gasteiger partial charge in [-0.15, -0.1) is 0 Å². The zero-order valence-corrected chi connectivity index (χ0v) is 10.9. The molecule has 0 aromatic carbocycles. The number of hydrogen-bond acceptors (Lipinski definition) is 5. The van der Waals surface area contributed by atoms with Gasteiger partial charge in [-0.05, 0) is 26.2 Å². The van der Waals surface area contributed by atoms with Gasteiger partial charge in [0, 0.05) is 0 Å². The van der Waals surface area contributed by atoms with Crippen LogP contribution in [-0.2, 0) is 0 Å². The van der Waals surface area contributed by atoms with Crippen LogP contribution in [-0.4, -0.2) is 26.1 Å². The summed E-state index contributed by atoms with van der Waals surface area (Å²) >= 11 is 0. The number of anilines is 1. The van der Waals surface area contributed by atoms with Gasteiger partial charge in [0.05, 0.1) is 19.0 Å². The molecule has 1 unspecified atom stereocenters. The van der Waals surface area contributed by atoms with Crippen molar-refractivity contribution in [3.63, 3.8) is 0 Å². The van der Waals surface area contributed by atoms with Crippen LogP contribution >= 0.6 is 0 Å². The largest absolute Gasteiger partial charge is 0.464 e. The summed E-state index contributed by atoms with van der Waals surface area (Å²) in [4.78, 5) is 12.8. The van der Waals surface area contributed by atoms with Gasteiger partial charge in [-0.2, -0.15) is 9.97 Å². The molecule has 2 N–H and O–H groups in total. The average molecular weight is 259 g/mol. The Hall–Kier alpha value is -2.11. The molecule has 19 heavy (non-hydrogen) atoms. The molecule has 0 saturated carbocycles. The predicted molar refractivity (Wildman–Crippen MR) is 72.9 cm³/mol. The molecule has 1 atom stereocenters. The van der Waals surface area contributed by atoms with Crippen LogP contribution in [0, 0.1) is 0 Å². The first-order chi connectivity index (χ1) is 9.29. The molecular formula is C13H17N5O. The molecule has 0 radical (unpaired) electrons. The Labute approximate surface area is 111 Å². The molecule has 0 fully saturated rings. The minimum Gasteiger partial charge on any atom is -0.464 e. The van der Waals surface area contributed by atoms with Crippen LogP contribution in [0.4, 0.5) is 5.82 Å². The maximum absolute atomic E-state index is 5.91. The number of nitrogen functional groups attached to an aromatic ring is 1. The Kier molecular flexibility index (Phi) is 3.06. The molecule has 0 spiro atoms. The predicted octanol–water partition coefficient (Wildman–Crippen LogP) is 2.09. The third-order valence-electron chi connectivity index (χ3n) is 3.29. The van der Waals surface area contributed by atoms with Crippen LogP contribution in [0.25, 0.3) is 11.2 Å². The normalized spacial score (nSPS) is 18.9. The monoisotopic (exact) mass is 259 g/mol. The summed E-state index contributed by atoms with van der Waals surface area (Å²) in [5, 5.41) is 0. The van der Waals surface area contributed by atoms with Crippen LogP contribution < -0.4 is 10.5 Å². The zero-order valence-electron chi connectivity index (χ0n) is 10.9. The molecule has 6 nitrogen and oxygen atoms in total. The number of nitrogens with zero attached hydrogens (tertiary/aromatic N) is 4. The summed E-state index contributed by atoms with van der Waals surface area (Å²) in [5.74, 6) is 0.368. The van der Waals surface area contributed by atoms with E-state index in [-0.39, 0.29) is 0 Å². The van der Waals surface area contributed by atoms with Crippen molar-refractivity contribution in [1.82, 2.24) is 19.5 Å². The number of hydrogen-bond donors (Lipinski definition) is 1. The topological polar surface area (TPSA) is 78.9 Å². The van der Waals surface area contributed by atoms with Gasteiger partial charge in [-0.1, -0.05) is 12.2 Å². The highest BCUT2D eigenvalue weighted by molar-refractivity contribution is 5.82. The first kappa shape index (κ1) is 12.0. The van der Waals surface area contributed by atoms with Gasteiger partial charge in [0.2, 0.25) is 0 Å². The fraction of sp³-hybridized carbons (Fsp3) is 0.462. The molecule has 1 aliphatic rings. The molecular weight excluding hydrogens is 242 g/mol. The third kappa shape index (κ3) is 2.14. The van der Waals surface area contributed by atoms with E-state index in [1.807, 2.05) is 11.5 Å². The van der Waals surface area contributed by atoms with Gasteiger partial charge in [0.25, 0.3) is 0 Å². The third-order valence-corrected chi connectivity index (χ3v) is 3.29. The average Bonchev–Trinajstić information content (AvgIpc) is 2.84. The Morgan fingerprint density at radius 3 is 3.11 bits per heavy atom. The molecule has 100 valence electrons. The standard InChI is InChI=1S/C13H17N5O/c1-2-19-13-16-11(14)10-12(17-13)18(8-15-10)9-6-4-3-5-7-9/h4,6,8-9H,2-3,5,7H2,1H3,(H2,14,16,17). The van der Waals surface area contributed by atoms with E-state index in [2.05, 4.69) is 27.1 Å². The number of imidazole rings is 1. The Morgan fingerprint density at radius 1 is 1.47 bits per heavy atom. The van der Waals surface area contributed by atoms with Gasteiger partial charge in [0.15, 0.2) is 17.0 Å². The van der Waals surface area contributed by atoms with Gasteiger partial charge in [-0.25, -0.2) is 4.98 Å². The Morgan fingerprint density at radius 2 is 2.37 bits per heavy atom. The first-order valence-corrected chi connectivity index (χ1v) is 6.59. The molecule has 0 bridgehead atoms. The second-order valence-electron chi connectivity index (χ2n) is 4.57. The van der Waals surface area contributed by atoms with Crippen molar-refractivity contribution >= 4 is 17.0 Å². The van der Waals surface area contributed by atoms with E-state index in [9.17, 15) is 0 Å². The summed E-state index contributed by atoms with van der Waals surface area (Å²) in [6.07, 6.45) is 9.60. The number of nitrogens with two attached hydrogens (primary N) is 1.